The molecular weight excluding hydrogens is 148 g/mol. The van der Waals surface area contributed by atoms with Crippen LogP contribution in [0.2, 0.25) is 0 Å². The van der Waals surface area contributed by atoms with E-state index in [0.717, 1.165) is 13.1 Å². The van der Waals surface area contributed by atoms with Gasteiger partial charge in [-0.25, -0.2) is 5.43 Å². The molecule has 0 saturated carbocycles. The molecule has 0 spiro atoms. The van der Waals surface area contributed by atoms with Crippen LogP contribution in [0.5, 0.6) is 0 Å². The molecule has 12 heavy (non-hydrogen) atoms. The molecule has 0 bridgehead atoms. The summed E-state index contributed by atoms with van der Waals surface area (Å²) in [6.07, 6.45) is 8.32. The lowest BCUT2D eigenvalue weighted by atomic mass is 10.1. The third-order valence-electron chi connectivity index (χ3n) is 2.58. The minimum absolute atomic E-state index is 1.03. The molecule has 0 unspecified atom stereocenters. The smallest absolute Gasteiger partial charge is 0.0525 e. The molecule has 1 fully saturated rings. The molecule has 2 aliphatic heterocycles. The SMILES string of the molecule is CC1=C2CCCCNN2CC=C1. The molecule has 0 aliphatic carbocycles. The lowest BCUT2D eigenvalue weighted by Gasteiger charge is -2.28. The highest BCUT2D eigenvalue weighted by Crippen LogP contribution is 2.22. The fourth-order valence-corrected chi connectivity index (χ4v) is 1.88. The van der Waals surface area contributed by atoms with Crippen molar-refractivity contribution in [3.8, 4) is 0 Å². The lowest BCUT2D eigenvalue weighted by molar-refractivity contribution is 0.273. The van der Waals surface area contributed by atoms with Crippen LogP contribution in [0.25, 0.3) is 0 Å². The van der Waals surface area contributed by atoms with Crippen molar-refractivity contribution in [3.05, 3.63) is 23.4 Å². The second-order valence-corrected chi connectivity index (χ2v) is 3.51. The summed E-state index contributed by atoms with van der Waals surface area (Å²) in [5.74, 6) is 0. The molecule has 66 valence electrons. The first-order valence-corrected chi connectivity index (χ1v) is 4.75. The fraction of sp³-hybridized carbons (Fsp3) is 0.600. The summed E-state index contributed by atoms with van der Waals surface area (Å²) >= 11 is 0. The normalized spacial score (nSPS) is 23.9. The Morgan fingerprint density at radius 1 is 1.42 bits per heavy atom. The van der Waals surface area contributed by atoms with E-state index in [1.807, 2.05) is 0 Å². The summed E-state index contributed by atoms with van der Waals surface area (Å²) in [5.41, 5.74) is 6.36. The van der Waals surface area contributed by atoms with Gasteiger partial charge in [0, 0.05) is 12.2 Å². The molecule has 0 aromatic carbocycles. The molecular formula is C10H16N2. The van der Waals surface area contributed by atoms with E-state index < -0.39 is 0 Å². The third-order valence-corrected chi connectivity index (χ3v) is 2.58. The quantitative estimate of drug-likeness (QED) is 0.587. The Kier molecular flexibility index (Phi) is 2.17. The molecule has 2 nitrogen and oxygen atoms in total. The molecule has 2 rings (SSSR count). The van der Waals surface area contributed by atoms with E-state index in [2.05, 4.69) is 29.5 Å². The maximum absolute atomic E-state index is 3.44. The number of hydrazine groups is 1. The van der Waals surface area contributed by atoms with Gasteiger partial charge in [-0.05, 0) is 31.8 Å². The Morgan fingerprint density at radius 3 is 3.25 bits per heavy atom. The van der Waals surface area contributed by atoms with Crippen LogP contribution in [-0.2, 0) is 0 Å². The highest BCUT2D eigenvalue weighted by molar-refractivity contribution is 5.27. The minimum atomic E-state index is 1.03. The van der Waals surface area contributed by atoms with Crippen LogP contribution in [0.1, 0.15) is 26.2 Å². The Hall–Kier alpha value is -0.760. The van der Waals surface area contributed by atoms with Crippen molar-refractivity contribution in [2.45, 2.75) is 26.2 Å². The van der Waals surface area contributed by atoms with Gasteiger partial charge < -0.3 is 5.01 Å². The van der Waals surface area contributed by atoms with Gasteiger partial charge in [0.1, 0.15) is 0 Å². The largest absolute Gasteiger partial charge is 0.308 e. The van der Waals surface area contributed by atoms with Gasteiger partial charge in [0.2, 0.25) is 0 Å². The van der Waals surface area contributed by atoms with E-state index in [1.54, 1.807) is 0 Å². The molecule has 0 aromatic heterocycles. The predicted octanol–water partition coefficient (Wildman–Crippen LogP) is 1.82. The van der Waals surface area contributed by atoms with E-state index in [-0.39, 0.29) is 0 Å². The first-order valence-electron chi connectivity index (χ1n) is 4.75. The van der Waals surface area contributed by atoms with Crippen molar-refractivity contribution in [1.82, 2.24) is 10.4 Å². The molecule has 1 saturated heterocycles. The average Bonchev–Trinajstić information content (AvgIpc) is 2.30. The Labute approximate surface area is 73.9 Å². The summed E-state index contributed by atoms with van der Waals surface area (Å²) in [4.78, 5) is 0. The summed E-state index contributed by atoms with van der Waals surface area (Å²) < 4.78 is 0. The number of rotatable bonds is 0. The van der Waals surface area contributed by atoms with Gasteiger partial charge in [0.15, 0.2) is 0 Å². The van der Waals surface area contributed by atoms with Crippen LogP contribution >= 0.6 is 0 Å². The number of nitrogens with zero attached hydrogens (tertiary/aromatic N) is 1. The highest BCUT2D eigenvalue weighted by Gasteiger charge is 2.15. The average molecular weight is 164 g/mol. The number of allylic oxidation sites excluding steroid dienone is 3. The second kappa shape index (κ2) is 3.31. The van der Waals surface area contributed by atoms with Crippen molar-refractivity contribution in [2.75, 3.05) is 13.1 Å². The van der Waals surface area contributed by atoms with E-state index in [9.17, 15) is 0 Å². The van der Waals surface area contributed by atoms with Crippen LogP contribution in [0.4, 0.5) is 0 Å². The predicted molar refractivity (Wildman–Crippen MR) is 50.4 cm³/mol. The molecule has 0 aromatic rings. The van der Waals surface area contributed by atoms with Crippen LogP contribution < -0.4 is 5.43 Å². The van der Waals surface area contributed by atoms with Gasteiger partial charge in [-0.15, -0.1) is 0 Å². The Morgan fingerprint density at radius 2 is 2.33 bits per heavy atom. The monoisotopic (exact) mass is 164 g/mol. The molecule has 0 radical (unpaired) electrons. The highest BCUT2D eigenvalue weighted by atomic mass is 15.5. The minimum Gasteiger partial charge on any atom is -0.308 e. The summed E-state index contributed by atoms with van der Waals surface area (Å²) in [5, 5.41) is 2.29. The number of hydrogen-bond acceptors (Lipinski definition) is 2. The van der Waals surface area contributed by atoms with Crippen molar-refractivity contribution >= 4 is 0 Å². The fourth-order valence-electron chi connectivity index (χ4n) is 1.88. The first-order chi connectivity index (χ1) is 5.88. The third kappa shape index (κ3) is 1.39. The molecule has 2 aliphatic rings. The van der Waals surface area contributed by atoms with Gasteiger partial charge in [0.25, 0.3) is 0 Å². The summed E-state index contributed by atoms with van der Waals surface area (Å²) in [6.45, 7) is 4.36. The first kappa shape index (κ1) is 7.87. The number of fused-ring (bicyclic) bond motifs is 1. The van der Waals surface area contributed by atoms with Crippen LogP contribution in [0, 0.1) is 0 Å². The zero-order valence-corrected chi connectivity index (χ0v) is 7.64. The number of nitrogens with one attached hydrogen (secondary N) is 1. The summed E-state index contributed by atoms with van der Waals surface area (Å²) in [7, 11) is 0. The van der Waals surface area contributed by atoms with E-state index in [0.29, 0.717) is 0 Å². The number of hydrogen-bond donors (Lipinski definition) is 1. The maximum atomic E-state index is 3.44. The topological polar surface area (TPSA) is 15.3 Å². The van der Waals surface area contributed by atoms with Crippen LogP contribution in [0.15, 0.2) is 23.4 Å². The second-order valence-electron chi connectivity index (χ2n) is 3.51. The van der Waals surface area contributed by atoms with Crippen molar-refractivity contribution in [2.24, 2.45) is 0 Å². The molecule has 0 amide bonds. The zero-order chi connectivity index (χ0) is 8.39. The van der Waals surface area contributed by atoms with Gasteiger partial charge in [-0.2, -0.15) is 0 Å². The van der Waals surface area contributed by atoms with Gasteiger partial charge in [-0.3, -0.25) is 0 Å². The molecule has 0 atom stereocenters. The van der Waals surface area contributed by atoms with Crippen molar-refractivity contribution in [1.29, 1.82) is 0 Å². The molecule has 2 heteroatoms. The molecule has 2 heterocycles. The lowest BCUT2D eigenvalue weighted by Crippen LogP contribution is -2.38. The van der Waals surface area contributed by atoms with Gasteiger partial charge in [0.05, 0.1) is 6.54 Å². The Bertz CT molecular complexity index is 228. The van der Waals surface area contributed by atoms with E-state index >= 15 is 0 Å². The van der Waals surface area contributed by atoms with Crippen LogP contribution in [0.3, 0.4) is 0 Å². The van der Waals surface area contributed by atoms with Crippen molar-refractivity contribution < 1.29 is 0 Å². The summed E-state index contributed by atoms with van der Waals surface area (Å²) in [6, 6.07) is 0. The standard InChI is InChI=1S/C10H16N2/c1-9-5-4-8-12-10(9)6-2-3-7-11-12/h4-5,11H,2-3,6-8H2,1H3. The van der Waals surface area contributed by atoms with E-state index in [4.69, 9.17) is 0 Å². The Balaban J connectivity index is 2.22. The van der Waals surface area contributed by atoms with Crippen LogP contribution in [-0.4, -0.2) is 18.1 Å². The van der Waals surface area contributed by atoms with Crippen molar-refractivity contribution in [3.63, 3.8) is 0 Å². The van der Waals surface area contributed by atoms with Gasteiger partial charge >= 0.3 is 0 Å². The van der Waals surface area contributed by atoms with E-state index in [1.165, 1.54) is 30.5 Å². The van der Waals surface area contributed by atoms with Gasteiger partial charge in [-0.1, -0.05) is 12.2 Å². The zero-order valence-electron chi connectivity index (χ0n) is 7.64. The maximum Gasteiger partial charge on any atom is 0.0525 e. The molecule has 1 N–H and O–H groups in total.